The number of allylic oxidation sites excluding steroid dienone is 2. The van der Waals surface area contributed by atoms with E-state index in [9.17, 15) is 0 Å². The van der Waals surface area contributed by atoms with E-state index in [1.54, 1.807) is 0 Å². The predicted molar refractivity (Wildman–Crippen MR) is 160 cm³/mol. The summed E-state index contributed by atoms with van der Waals surface area (Å²) >= 11 is 0. The van der Waals surface area contributed by atoms with E-state index >= 15 is 0 Å². The fourth-order valence-electron chi connectivity index (χ4n) is 5.82. The molecule has 176 valence electrons. The van der Waals surface area contributed by atoms with Crippen LogP contribution in [0.4, 0.5) is 5.69 Å². The Bertz CT molecular complexity index is 2010. The van der Waals surface area contributed by atoms with Gasteiger partial charge in [0, 0.05) is 16.2 Å². The Hall–Kier alpha value is -4.82. The van der Waals surface area contributed by atoms with Gasteiger partial charge in [0.2, 0.25) is 0 Å². The third kappa shape index (κ3) is 3.12. The minimum Gasteiger partial charge on any atom is -0.249 e. The molecule has 0 radical (unpaired) electrons. The van der Waals surface area contributed by atoms with Crippen LogP contribution < -0.4 is 5.01 Å². The Morgan fingerprint density at radius 1 is 0.622 bits per heavy atom. The third-order valence-corrected chi connectivity index (χ3v) is 7.46. The van der Waals surface area contributed by atoms with Gasteiger partial charge >= 0.3 is 0 Å². The van der Waals surface area contributed by atoms with E-state index in [0.29, 0.717) is 0 Å². The number of fused-ring (bicyclic) bond motifs is 9. The molecule has 7 aromatic rings. The van der Waals surface area contributed by atoms with Crippen LogP contribution in [-0.2, 0) is 0 Å². The zero-order chi connectivity index (χ0) is 24.9. The van der Waals surface area contributed by atoms with E-state index in [4.69, 9.17) is 0 Å². The molecule has 2 nitrogen and oxygen atoms in total. The van der Waals surface area contributed by atoms with E-state index in [-0.39, 0.29) is 0 Å². The normalized spacial score (nSPS) is 12.2. The van der Waals surface area contributed by atoms with Gasteiger partial charge in [-0.1, -0.05) is 110 Å². The fourth-order valence-corrected chi connectivity index (χ4v) is 5.82. The lowest BCUT2D eigenvalue weighted by atomic mass is 9.95. The van der Waals surface area contributed by atoms with Gasteiger partial charge < -0.3 is 0 Å². The Balaban J connectivity index is 1.74. The van der Waals surface area contributed by atoms with Crippen LogP contribution in [0.2, 0.25) is 0 Å². The van der Waals surface area contributed by atoms with Crippen molar-refractivity contribution in [3.8, 4) is 0 Å². The first-order chi connectivity index (χ1) is 18.3. The topological polar surface area (TPSA) is 8.17 Å². The van der Waals surface area contributed by atoms with Crippen molar-refractivity contribution < 1.29 is 0 Å². The molecule has 0 aliphatic rings. The number of para-hydroxylation sites is 2. The van der Waals surface area contributed by atoms with E-state index in [0.717, 1.165) is 16.9 Å². The molecule has 0 unspecified atom stereocenters. The van der Waals surface area contributed by atoms with Crippen molar-refractivity contribution in [1.29, 1.82) is 0 Å². The molecule has 0 spiro atoms. The second-order valence-corrected chi connectivity index (χ2v) is 9.40. The number of benzene rings is 6. The van der Waals surface area contributed by atoms with E-state index in [1.807, 2.05) is 6.08 Å². The minimum absolute atomic E-state index is 1.02. The summed E-state index contributed by atoms with van der Waals surface area (Å²) in [5.74, 6) is 0. The van der Waals surface area contributed by atoms with Gasteiger partial charge in [0.15, 0.2) is 0 Å². The molecule has 2 heteroatoms. The van der Waals surface area contributed by atoms with Crippen molar-refractivity contribution in [1.82, 2.24) is 4.68 Å². The largest absolute Gasteiger partial charge is 0.249 e. The second kappa shape index (κ2) is 8.39. The lowest BCUT2D eigenvalue weighted by Crippen LogP contribution is -2.27. The summed E-state index contributed by atoms with van der Waals surface area (Å²) in [6.07, 6.45) is 4.06. The Morgan fingerprint density at radius 3 is 2.05 bits per heavy atom. The average Bonchev–Trinajstić information content (AvgIpc) is 3.30. The number of hydrogen-bond acceptors (Lipinski definition) is 1. The second-order valence-electron chi connectivity index (χ2n) is 9.40. The molecule has 37 heavy (non-hydrogen) atoms. The molecule has 0 amide bonds. The molecule has 1 heterocycles. The fraction of sp³-hybridized carbons (Fsp3) is 0.0286. The van der Waals surface area contributed by atoms with Crippen LogP contribution in [-0.4, -0.2) is 4.68 Å². The zero-order valence-electron chi connectivity index (χ0n) is 20.7. The maximum absolute atomic E-state index is 4.17. The third-order valence-electron chi connectivity index (χ3n) is 7.46. The summed E-state index contributed by atoms with van der Waals surface area (Å²) in [6, 6.07) is 41.5. The summed E-state index contributed by atoms with van der Waals surface area (Å²) in [7, 11) is 0. The Morgan fingerprint density at radius 2 is 1.27 bits per heavy atom. The quantitative estimate of drug-likeness (QED) is 0.182. The molecule has 0 aliphatic heterocycles. The number of nitrogens with zero attached hydrogens (tertiary/aromatic N) is 2. The average molecular weight is 475 g/mol. The maximum Gasteiger partial charge on any atom is 0.0800 e. The molecule has 0 N–H and O–H groups in total. The molecular weight excluding hydrogens is 448 g/mol. The molecule has 0 bridgehead atoms. The SMILES string of the molecule is C=C/C(=C\C)N(c1ccccc1)n1c2ccccc2c2ccc3ccc4c5ccccc5ccc4c3c21. The van der Waals surface area contributed by atoms with Crippen molar-refractivity contribution in [2.24, 2.45) is 0 Å². The van der Waals surface area contributed by atoms with Crippen molar-refractivity contribution in [2.45, 2.75) is 6.92 Å². The van der Waals surface area contributed by atoms with Gasteiger partial charge in [0.1, 0.15) is 0 Å². The van der Waals surface area contributed by atoms with Gasteiger partial charge in [-0.2, -0.15) is 0 Å². The molecule has 0 atom stereocenters. The van der Waals surface area contributed by atoms with E-state index in [2.05, 4.69) is 145 Å². The minimum atomic E-state index is 1.02. The summed E-state index contributed by atoms with van der Waals surface area (Å²) in [6.45, 7) is 6.24. The van der Waals surface area contributed by atoms with Crippen molar-refractivity contribution >= 4 is 59.8 Å². The Labute approximate surface area is 215 Å². The summed E-state index contributed by atoms with van der Waals surface area (Å²) < 4.78 is 2.38. The highest BCUT2D eigenvalue weighted by molar-refractivity contribution is 6.27. The highest BCUT2D eigenvalue weighted by Gasteiger charge is 2.21. The van der Waals surface area contributed by atoms with E-state index in [1.165, 1.54) is 48.6 Å². The lowest BCUT2D eigenvalue weighted by Gasteiger charge is -2.29. The predicted octanol–water partition coefficient (Wildman–Crippen LogP) is 9.61. The molecule has 1 aromatic heterocycles. The van der Waals surface area contributed by atoms with Crippen LogP contribution in [0.15, 0.2) is 140 Å². The van der Waals surface area contributed by atoms with Crippen molar-refractivity contribution in [3.05, 3.63) is 140 Å². The number of anilines is 1. The van der Waals surface area contributed by atoms with Crippen LogP contribution in [0.1, 0.15) is 6.92 Å². The molecule has 0 saturated carbocycles. The van der Waals surface area contributed by atoms with Crippen molar-refractivity contribution in [3.63, 3.8) is 0 Å². The maximum atomic E-state index is 4.17. The van der Waals surface area contributed by atoms with E-state index < -0.39 is 0 Å². The highest BCUT2D eigenvalue weighted by Crippen LogP contribution is 2.41. The molecule has 0 aliphatic carbocycles. The lowest BCUT2D eigenvalue weighted by molar-refractivity contribution is 0.850. The molecule has 0 fully saturated rings. The number of aromatic nitrogens is 1. The summed E-state index contributed by atoms with van der Waals surface area (Å²) in [5, 5.41) is 12.3. The van der Waals surface area contributed by atoms with Gasteiger partial charge in [-0.3, -0.25) is 0 Å². The van der Waals surface area contributed by atoms with Gasteiger partial charge in [0.25, 0.3) is 0 Å². The van der Waals surface area contributed by atoms with Crippen molar-refractivity contribution in [2.75, 3.05) is 5.01 Å². The van der Waals surface area contributed by atoms with Crippen LogP contribution in [0.5, 0.6) is 0 Å². The molecule has 0 saturated heterocycles. The summed E-state index contributed by atoms with van der Waals surface area (Å²) in [4.78, 5) is 0. The van der Waals surface area contributed by atoms with Gasteiger partial charge in [-0.05, 0) is 58.1 Å². The summed E-state index contributed by atoms with van der Waals surface area (Å²) in [5.41, 5.74) is 4.47. The van der Waals surface area contributed by atoms with Crippen LogP contribution in [0.25, 0.3) is 54.1 Å². The highest BCUT2D eigenvalue weighted by atomic mass is 15.6. The molecule has 6 aromatic carbocycles. The smallest absolute Gasteiger partial charge is 0.0800 e. The zero-order valence-corrected chi connectivity index (χ0v) is 20.7. The van der Waals surface area contributed by atoms with Crippen LogP contribution in [0.3, 0.4) is 0 Å². The monoisotopic (exact) mass is 474 g/mol. The number of hydrogen-bond donors (Lipinski definition) is 0. The standard InChI is InChI=1S/C35H26N2/c1-3-26(4-2)36(27-13-6-5-7-14-27)37-33-17-11-10-16-30(33)32-23-20-25-19-21-29-28-15-9-8-12-24(28)18-22-31(29)34(25)35(32)37/h3-23H,1H2,2H3/b26-4+. The molecule has 7 rings (SSSR count). The van der Waals surface area contributed by atoms with Crippen LogP contribution >= 0.6 is 0 Å². The van der Waals surface area contributed by atoms with Crippen LogP contribution in [0, 0.1) is 0 Å². The van der Waals surface area contributed by atoms with Gasteiger partial charge in [-0.25, -0.2) is 9.69 Å². The van der Waals surface area contributed by atoms with Gasteiger partial charge in [0.05, 0.1) is 22.4 Å². The first kappa shape index (κ1) is 21.5. The first-order valence-electron chi connectivity index (χ1n) is 12.7. The number of rotatable bonds is 4. The first-order valence-corrected chi connectivity index (χ1v) is 12.7. The Kier molecular flexibility index (Phi) is 4.87. The molecular formula is C35H26N2. The van der Waals surface area contributed by atoms with Gasteiger partial charge in [-0.15, -0.1) is 0 Å².